The first-order chi connectivity index (χ1) is 14.1. The second-order valence-corrected chi connectivity index (χ2v) is 8.13. The van der Waals surface area contributed by atoms with E-state index in [1.807, 2.05) is 18.2 Å². The second-order valence-electron chi connectivity index (χ2n) is 7.07. The minimum absolute atomic E-state index is 0.00683. The summed E-state index contributed by atoms with van der Waals surface area (Å²) in [5, 5.41) is 12.5. The predicted molar refractivity (Wildman–Crippen MR) is 114 cm³/mol. The lowest BCUT2D eigenvalue weighted by Gasteiger charge is -2.10. The summed E-state index contributed by atoms with van der Waals surface area (Å²) in [6, 6.07) is 17.0. The molecule has 1 saturated carbocycles. The van der Waals surface area contributed by atoms with Gasteiger partial charge in [-0.15, -0.1) is 10.2 Å². The van der Waals surface area contributed by atoms with Crippen LogP contribution in [0.1, 0.15) is 48.3 Å². The number of Topliss-reactive ketones (excluding diaryl/α,β-unsaturated/α-hetero) is 1. The van der Waals surface area contributed by atoms with Gasteiger partial charge < -0.3 is 5.32 Å². The number of anilines is 1. The van der Waals surface area contributed by atoms with E-state index < -0.39 is 0 Å². The van der Waals surface area contributed by atoms with E-state index in [4.69, 9.17) is 0 Å². The molecule has 1 aliphatic carbocycles. The van der Waals surface area contributed by atoms with Gasteiger partial charge in [0.1, 0.15) is 5.82 Å². The molecule has 1 amide bonds. The molecule has 0 atom stereocenters. The SMILES string of the molecule is CC(=O)c1ccc(NC(=O)CCSc2nnc(C3CC3)n2-c2ccccc2)cc1. The monoisotopic (exact) mass is 406 g/mol. The fourth-order valence-electron chi connectivity index (χ4n) is 3.05. The van der Waals surface area contributed by atoms with Crippen LogP contribution >= 0.6 is 11.8 Å². The minimum atomic E-state index is -0.0683. The van der Waals surface area contributed by atoms with Gasteiger partial charge in [-0.05, 0) is 56.2 Å². The van der Waals surface area contributed by atoms with E-state index in [1.54, 1.807) is 24.3 Å². The minimum Gasteiger partial charge on any atom is -0.326 e. The molecule has 1 fully saturated rings. The highest BCUT2D eigenvalue weighted by Gasteiger charge is 2.31. The third kappa shape index (κ3) is 4.74. The van der Waals surface area contributed by atoms with Gasteiger partial charge in [-0.3, -0.25) is 14.2 Å². The van der Waals surface area contributed by atoms with E-state index in [2.05, 4.69) is 32.2 Å². The summed E-state index contributed by atoms with van der Waals surface area (Å²) in [6.45, 7) is 1.52. The molecule has 0 spiro atoms. The van der Waals surface area contributed by atoms with Crippen LogP contribution in [-0.2, 0) is 4.79 Å². The van der Waals surface area contributed by atoms with Crippen molar-refractivity contribution in [1.82, 2.24) is 14.8 Å². The summed E-state index contributed by atoms with van der Waals surface area (Å²) in [7, 11) is 0. The Labute approximate surface area is 173 Å². The number of benzene rings is 2. The first-order valence-corrected chi connectivity index (χ1v) is 10.6. The number of rotatable bonds is 8. The maximum absolute atomic E-state index is 12.3. The summed E-state index contributed by atoms with van der Waals surface area (Å²) >= 11 is 1.54. The molecule has 1 aromatic heterocycles. The van der Waals surface area contributed by atoms with E-state index in [1.165, 1.54) is 18.7 Å². The number of nitrogens with zero attached hydrogens (tertiary/aromatic N) is 3. The molecule has 29 heavy (non-hydrogen) atoms. The summed E-state index contributed by atoms with van der Waals surface area (Å²) < 4.78 is 2.11. The quantitative estimate of drug-likeness (QED) is 0.441. The van der Waals surface area contributed by atoms with Crippen LogP contribution in [0, 0.1) is 0 Å². The Kier molecular flexibility index (Phi) is 5.76. The molecule has 148 valence electrons. The average molecular weight is 407 g/mol. The van der Waals surface area contributed by atoms with Gasteiger partial charge in [-0.2, -0.15) is 0 Å². The fraction of sp³-hybridized carbons (Fsp3) is 0.273. The van der Waals surface area contributed by atoms with Gasteiger partial charge in [0.15, 0.2) is 10.9 Å². The van der Waals surface area contributed by atoms with Crippen LogP contribution in [0.2, 0.25) is 0 Å². The van der Waals surface area contributed by atoms with E-state index in [-0.39, 0.29) is 11.7 Å². The number of carbonyl (C=O) groups excluding carboxylic acids is 2. The van der Waals surface area contributed by atoms with Crippen molar-refractivity contribution in [3.63, 3.8) is 0 Å². The lowest BCUT2D eigenvalue weighted by atomic mass is 10.1. The number of carbonyl (C=O) groups is 2. The topological polar surface area (TPSA) is 76.9 Å². The molecule has 7 heteroatoms. The van der Waals surface area contributed by atoms with Crippen molar-refractivity contribution >= 4 is 29.1 Å². The van der Waals surface area contributed by atoms with E-state index >= 15 is 0 Å². The highest BCUT2D eigenvalue weighted by atomic mass is 32.2. The van der Waals surface area contributed by atoms with Crippen molar-refractivity contribution in [2.45, 2.75) is 37.3 Å². The second kappa shape index (κ2) is 8.61. The molecular weight excluding hydrogens is 384 g/mol. The van der Waals surface area contributed by atoms with Crippen molar-refractivity contribution in [1.29, 1.82) is 0 Å². The van der Waals surface area contributed by atoms with Gasteiger partial charge in [-0.1, -0.05) is 30.0 Å². The number of amides is 1. The maximum atomic E-state index is 12.3. The number of nitrogens with one attached hydrogen (secondary N) is 1. The Morgan fingerprint density at radius 2 is 1.79 bits per heavy atom. The molecule has 0 radical (unpaired) electrons. The summed E-state index contributed by atoms with van der Waals surface area (Å²) in [5.41, 5.74) is 2.37. The van der Waals surface area contributed by atoms with Crippen molar-refractivity contribution in [2.24, 2.45) is 0 Å². The zero-order valence-electron chi connectivity index (χ0n) is 16.2. The number of aromatic nitrogens is 3. The van der Waals surface area contributed by atoms with Crippen LogP contribution in [0.15, 0.2) is 59.8 Å². The molecule has 0 unspecified atom stereocenters. The van der Waals surface area contributed by atoms with E-state index in [9.17, 15) is 9.59 Å². The summed E-state index contributed by atoms with van der Waals surface area (Å²) in [5.74, 6) is 2.04. The summed E-state index contributed by atoms with van der Waals surface area (Å²) in [6.07, 6.45) is 2.67. The Hall–Kier alpha value is -2.93. The molecule has 2 aromatic carbocycles. The number of hydrogen-bond acceptors (Lipinski definition) is 5. The van der Waals surface area contributed by atoms with E-state index in [0.29, 0.717) is 29.3 Å². The van der Waals surface area contributed by atoms with Crippen molar-refractivity contribution in [2.75, 3.05) is 11.1 Å². The smallest absolute Gasteiger partial charge is 0.225 e. The van der Waals surface area contributed by atoms with Gasteiger partial charge in [0.2, 0.25) is 5.91 Å². The zero-order valence-corrected chi connectivity index (χ0v) is 17.0. The van der Waals surface area contributed by atoms with Crippen molar-refractivity contribution in [3.05, 3.63) is 66.0 Å². The maximum Gasteiger partial charge on any atom is 0.225 e. The molecule has 1 aliphatic rings. The fourth-order valence-corrected chi connectivity index (χ4v) is 3.94. The van der Waals surface area contributed by atoms with Gasteiger partial charge in [0, 0.05) is 35.0 Å². The Morgan fingerprint density at radius 3 is 2.45 bits per heavy atom. The predicted octanol–water partition coefficient (Wildman–Crippen LogP) is 4.47. The Morgan fingerprint density at radius 1 is 1.07 bits per heavy atom. The number of para-hydroxylation sites is 1. The molecule has 0 saturated heterocycles. The van der Waals surface area contributed by atoms with Crippen LogP contribution in [0.5, 0.6) is 0 Å². The molecule has 4 rings (SSSR count). The van der Waals surface area contributed by atoms with Crippen molar-refractivity contribution in [3.8, 4) is 5.69 Å². The molecule has 0 aliphatic heterocycles. The largest absolute Gasteiger partial charge is 0.326 e. The number of hydrogen-bond donors (Lipinski definition) is 1. The van der Waals surface area contributed by atoms with Gasteiger partial charge in [0.25, 0.3) is 0 Å². The molecule has 3 aromatic rings. The van der Waals surface area contributed by atoms with E-state index in [0.717, 1.165) is 29.5 Å². The van der Waals surface area contributed by atoms with Gasteiger partial charge in [-0.25, -0.2) is 0 Å². The molecular formula is C22H22N4O2S. The molecule has 1 heterocycles. The average Bonchev–Trinajstić information content (AvgIpc) is 3.49. The lowest BCUT2D eigenvalue weighted by molar-refractivity contribution is -0.115. The highest BCUT2D eigenvalue weighted by Crippen LogP contribution is 2.41. The number of ketones is 1. The molecule has 0 bridgehead atoms. The zero-order chi connectivity index (χ0) is 20.2. The molecule has 1 N–H and O–H groups in total. The third-order valence-corrected chi connectivity index (χ3v) is 5.68. The summed E-state index contributed by atoms with van der Waals surface area (Å²) in [4.78, 5) is 23.6. The van der Waals surface area contributed by atoms with Gasteiger partial charge >= 0.3 is 0 Å². The van der Waals surface area contributed by atoms with Crippen molar-refractivity contribution < 1.29 is 9.59 Å². The van der Waals surface area contributed by atoms with Crippen LogP contribution in [0.3, 0.4) is 0 Å². The first-order valence-electron chi connectivity index (χ1n) is 9.66. The van der Waals surface area contributed by atoms with Gasteiger partial charge in [0.05, 0.1) is 0 Å². The van der Waals surface area contributed by atoms with Crippen LogP contribution in [0.25, 0.3) is 5.69 Å². The molecule has 6 nitrogen and oxygen atoms in total. The van der Waals surface area contributed by atoms with Crippen LogP contribution in [-0.4, -0.2) is 32.2 Å². The van der Waals surface area contributed by atoms with Crippen LogP contribution in [0.4, 0.5) is 5.69 Å². The standard InChI is InChI=1S/C22H22N4O2S/c1-15(27)16-9-11-18(12-10-16)23-20(28)13-14-29-22-25-24-21(17-7-8-17)26(22)19-5-3-2-4-6-19/h2-6,9-12,17H,7-8,13-14H2,1H3,(H,23,28). The Balaban J connectivity index is 1.37. The first kappa shape index (κ1) is 19.4. The number of thioether (sulfide) groups is 1. The highest BCUT2D eigenvalue weighted by molar-refractivity contribution is 7.99. The lowest BCUT2D eigenvalue weighted by Crippen LogP contribution is -2.12. The Bertz CT molecular complexity index is 1010. The normalized spacial score (nSPS) is 13.3. The third-order valence-electron chi connectivity index (χ3n) is 4.75. The van der Waals surface area contributed by atoms with Crippen LogP contribution < -0.4 is 5.32 Å².